The fourth-order valence-electron chi connectivity index (χ4n) is 1.90. The molecule has 20 heavy (non-hydrogen) atoms. The van der Waals surface area contributed by atoms with Crippen molar-refractivity contribution >= 4 is 27.4 Å². The van der Waals surface area contributed by atoms with E-state index in [2.05, 4.69) is 20.9 Å². The second-order valence-corrected chi connectivity index (χ2v) is 5.33. The van der Waals surface area contributed by atoms with E-state index in [1.54, 1.807) is 11.1 Å². The molecule has 2 rings (SSSR count). The molecule has 6 heteroatoms. The van der Waals surface area contributed by atoms with Crippen LogP contribution in [0.5, 0.6) is 0 Å². The lowest BCUT2D eigenvalue weighted by molar-refractivity contribution is -0.384. The fraction of sp³-hybridized carbons (Fsp3) is 0.214. The van der Waals surface area contributed by atoms with Crippen LogP contribution in [0.3, 0.4) is 0 Å². The molecule has 0 bridgehead atoms. The Bertz CT molecular complexity index is 605. The normalized spacial score (nSPS) is 10.3. The number of hydrogen-bond acceptors (Lipinski definition) is 4. The average molecular weight is 336 g/mol. The van der Waals surface area contributed by atoms with E-state index in [9.17, 15) is 10.1 Å². The van der Waals surface area contributed by atoms with Crippen LogP contribution in [0.25, 0.3) is 0 Å². The third-order valence-corrected chi connectivity index (χ3v) is 3.38. The maximum absolute atomic E-state index is 11.1. The number of nitro groups is 1. The van der Waals surface area contributed by atoms with Crippen LogP contribution in [-0.2, 0) is 6.42 Å². The lowest BCUT2D eigenvalue weighted by Crippen LogP contribution is -2.22. The van der Waals surface area contributed by atoms with E-state index in [0.717, 1.165) is 6.42 Å². The molecule has 0 aliphatic carbocycles. The van der Waals surface area contributed by atoms with Gasteiger partial charge in [0.25, 0.3) is 0 Å². The average Bonchev–Trinajstić information content (AvgIpc) is 2.45. The van der Waals surface area contributed by atoms with Gasteiger partial charge in [0, 0.05) is 30.3 Å². The minimum absolute atomic E-state index is 0.00920. The van der Waals surface area contributed by atoms with Gasteiger partial charge >= 0.3 is 5.69 Å². The summed E-state index contributed by atoms with van der Waals surface area (Å²) in [5.41, 5.74) is 1.20. The Kier molecular flexibility index (Phi) is 4.68. The van der Waals surface area contributed by atoms with E-state index < -0.39 is 4.92 Å². The van der Waals surface area contributed by atoms with Crippen molar-refractivity contribution in [2.45, 2.75) is 6.42 Å². The van der Waals surface area contributed by atoms with Gasteiger partial charge in [-0.3, -0.25) is 10.1 Å². The van der Waals surface area contributed by atoms with Gasteiger partial charge in [-0.25, -0.2) is 4.98 Å². The summed E-state index contributed by atoms with van der Waals surface area (Å²) in [7, 11) is 1.81. The van der Waals surface area contributed by atoms with Gasteiger partial charge in [0.05, 0.1) is 4.92 Å². The topological polar surface area (TPSA) is 59.3 Å². The van der Waals surface area contributed by atoms with Crippen molar-refractivity contribution in [3.05, 3.63) is 62.7 Å². The number of aromatic nitrogens is 1. The minimum atomic E-state index is -0.411. The third kappa shape index (κ3) is 3.54. The Morgan fingerprint density at radius 1 is 1.35 bits per heavy atom. The summed E-state index contributed by atoms with van der Waals surface area (Å²) in [4.78, 5) is 16.6. The van der Waals surface area contributed by atoms with E-state index in [1.165, 1.54) is 11.6 Å². The molecule has 0 aliphatic heterocycles. The van der Waals surface area contributed by atoms with Gasteiger partial charge in [-0.15, -0.1) is 0 Å². The molecule has 0 saturated carbocycles. The van der Waals surface area contributed by atoms with Gasteiger partial charge in [-0.05, 0) is 27.9 Å². The van der Waals surface area contributed by atoms with Crippen molar-refractivity contribution in [3.63, 3.8) is 0 Å². The molecule has 1 heterocycles. The van der Waals surface area contributed by atoms with Crippen LogP contribution in [0.1, 0.15) is 5.56 Å². The molecule has 0 atom stereocenters. The lowest BCUT2D eigenvalue weighted by Gasteiger charge is -2.17. The van der Waals surface area contributed by atoms with Gasteiger partial charge in [0.1, 0.15) is 0 Å². The number of hydrogen-bond donors (Lipinski definition) is 0. The molecule has 0 amide bonds. The van der Waals surface area contributed by atoms with Gasteiger partial charge in [-0.2, -0.15) is 0 Å². The Balaban J connectivity index is 2.13. The number of rotatable bonds is 5. The number of nitrogens with zero attached hydrogens (tertiary/aromatic N) is 3. The first kappa shape index (κ1) is 14.5. The highest BCUT2D eigenvalue weighted by molar-refractivity contribution is 9.10. The summed E-state index contributed by atoms with van der Waals surface area (Å²) in [6, 6.07) is 11.5. The van der Waals surface area contributed by atoms with Crippen molar-refractivity contribution in [2.75, 3.05) is 18.5 Å². The zero-order valence-corrected chi connectivity index (χ0v) is 12.6. The Morgan fingerprint density at radius 3 is 2.70 bits per heavy atom. The summed E-state index contributed by atoms with van der Waals surface area (Å²) in [5, 5.41) is 11.1. The largest absolute Gasteiger partial charge is 0.354 e. The quantitative estimate of drug-likeness (QED) is 0.620. The monoisotopic (exact) mass is 335 g/mol. The molecule has 2 aromatic rings. The van der Waals surface area contributed by atoms with Crippen LogP contribution in [0, 0.1) is 10.1 Å². The molecule has 5 nitrogen and oxygen atoms in total. The second kappa shape index (κ2) is 6.47. The molecule has 0 unspecified atom stereocenters. The Morgan fingerprint density at radius 2 is 2.05 bits per heavy atom. The number of halogens is 1. The van der Waals surface area contributed by atoms with Gasteiger partial charge in [-0.1, -0.05) is 30.3 Å². The summed E-state index contributed by atoms with van der Waals surface area (Å²) in [6.07, 6.45) is 2.38. The maximum atomic E-state index is 11.1. The molecule has 0 radical (unpaired) electrons. The van der Waals surface area contributed by atoms with Crippen LogP contribution in [0.4, 0.5) is 11.5 Å². The zero-order valence-electron chi connectivity index (χ0n) is 11.0. The molecule has 0 aliphatic rings. The molecular weight excluding hydrogens is 322 g/mol. The van der Waals surface area contributed by atoms with Gasteiger partial charge < -0.3 is 4.90 Å². The van der Waals surface area contributed by atoms with Gasteiger partial charge in [0.2, 0.25) is 5.82 Å². The van der Waals surface area contributed by atoms with E-state index in [0.29, 0.717) is 16.8 Å². The van der Waals surface area contributed by atoms with Crippen molar-refractivity contribution < 1.29 is 4.92 Å². The highest BCUT2D eigenvalue weighted by Crippen LogP contribution is 2.27. The summed E-state index contributed by atoms with van der Waals surface area (Å²) >= 11 is 3.20. The van der Waals surface area contributed by atoms with Gasteiger partial charge in [0.15, 0.2) is 0 Å². The molecule has 0 fully saturated rings. The van der Waals surface area contributed by atoms with Crippen molar-refractivity contribution in [1.29, 1.82) is 0 Å². The van der Waals surface area contributed by atoms with Crippen LogP contribution in [0.15, 0.2) is 47.1 Å². The van der Waals surface area contributed by atoms with Crippen molar-refractivity contribution in [1.82, 2.24) is 4.98 Å². The highest BCUT2D eigenvalue weighted by atomic mass is 79.9. The molecule has 0 spiro atoms. The lowest BCUT2D eigenvalue weighted by atomic mass is 10.1. The standard InChI is InChI=1S/C14H14BrN3O2/c1-17(8-7-11-5-3-2-4-6-11)14-13(18(19)20)9-12(15)10-16-14/h2-6,9-10H,7-8H2,1H3. The van der Waals surface area contributed by atoms with E-state index >= 15 is 0 Å². The molecule has 0 N–H and O–H groups in total. The number of pyridine rings is 1. The van der Waals surface area contributed by atoms with Crippen LogP contribution < -0.4 is 4.90 Å². The van der Waals surface area contributed by atoms with Crippen LogP contribution in [0.2, 0.25) is 0 Å². The number of anilines is 1. The molecule has 104 valence electrons. The first-order valence-corrected chi connectivity index (χ1v) is 6.92. The van der Waals surface area contributed by atoms with Crippen molar-refractivity contribution in [2.24, 2.45) is 0 Å². The second-order valence-electron chi connectivity index (χ2n) is 4.41. The molecular formula is C14H14BrN3O2. The molecule has 0 saturated heterocycles. The fourth-order valence-corrected chi connectivity index (χ4v) is 2.22. The van der Waals surface area contributed by atoms with E-state index in [1.807, 2.05) is 37.4 Å². The zero-order chi connectivity index (χ0) is 14.5. The number of benzene rings is 1. The van der Waals surface area contributed by atoms with E-state index in [-0.39, 0.29) is 5.69 Å². The van der Waals surface area contributed by atoms with Crippen LogP contribution >= 0.6 is 15.9 Å². The third-order valence-electron chi connectivity index (χ3n) is 2.95. The predicted molar refractivity (Wildman–Crippen MR) is 82.0 cm³/mol. The SMILES string of the molecule is CN(CCc1ccccc1)c1ncc(Br)cc1[N+](=O)[O-]. The highest BCUT2D eigenvalue weighted by Gasteiger charge is 2.19. The molecule has 1 aromatic carbocycles. The molecule has 1 aromatic heterocycles. The smallest absolute Gasteiger partial charge is 0.312 e. The van der Waals surface area contributed by atoms with E-state index in [4.69, 9.17) is 0 Å². The Labute approximate surface area is 125 Å². The Hall–Kier alpha value is -1.95. The summed E-state index contributed by atoms with van der Waals surface area (Å²) in [6.45, 7) is 0.666. The van der Waals surface area contributed by atoms with Crippen molar-refractivity contribution in [3.8, 4) is 0 Å². The first-order valence-electron chi connectivity index (χ1n) is 6.13. The number of likely N-dealkylation sites (N-methyl/N-ethyl adjacent to an activating group) is 1. The van der Waals surface area contributed by atoms with Crippen LogP contribution in [-0.4, -0.2) is 23.5 Å². The maximum Gasteiger partial charge on any atom is 0.312 e. The minimum Gasteiger partial charge on any atom is -0.354 e. The first-order chi connectivity index (χ1) is 9.58. The summed E-state index contributed by atoms with van der Waals surface area (Å²) < 4.78 is 0.601. The summed E-state index contributed by atoms with van der Waals surface area (Å²) in [5.74, 6) is 0.383. The predicted octanol–water partition coefficient (Wildman–Crippen LogP) is 3.43.